The Morgan fingerprint density at radius 2 is 2.11 bits per heavy atom. The fourth-order valence-corrected chi connectivity index (χ4v) is 1.87. The van der Waals surface area contributed by atoms with E-state index in [1.54, 1.807) is 6.92 Å². The van der Waals surface area contributed by atoms with E-state index in [1.165, 1.54) is 12.1 Å². The second-order valence-electron chi connectivity index (χ2n) is 3.63. The van der Waals surface area contributed by atoms with Crippen LogP contribution in [0.2, 0.25) is 0 Å². The van der Waals surface area contributed by atoms with Gasteiger partial charge in [0.15, 0.2) is 0 Å². The molecular formula is C11H11BrN2O5. The number of carboxylic acids is 1. The Morgan fingerprint density at radius 1 is 1.47 bits per heavy atom. The van der Waals surface area contributed by atoms with Crippen molar-refractivity contribution in [3.63, 3.8) is 0 Å². The van der Waals surface area contributed by atoms with Gasteiger partial charge in [-0.1, -0.05) is 0 Å². The molecule has 0 unspecified atom stereocenters. The second kappa shape index (κ2) is 6.28. The number of hydrogen-bond acceptors (Lipinski definition) is 4. The van der Waals surface area contributed by atoms with Crippen LogP contribution in [0.15, 0.2) is 22.7 Å². The fourth-order valence-electron chi connectivity index (χ4n) is 1.45. The van der Waals surface area contributed by atoms with Crippen molar-refractivity contribution in [2.45, 2.75) is 6.92 Å². The van der Waals surface area contributed by atoms with Crippen LogP contribution in [-0.2, 0) is 4.79 Å². The number of carbonyl (C=O) groups excluding carboxylic acids is 1. The van der Waals surface area contributed by atoms with Gasteiger partial charge in [0.2, 0.25) is 0 Å². The Kier molecular flexibility index (Phi) is 4.99. The van der Waals surface area contributed by atoms with Crippen molar-refractivity contribution in [2.24, 2.45) is 0 Å². The van der Waals surface area contributed by atoms with Gasteiger partial charge < -0.3 is 10.0 Å². The fraction of sp³-hybridized carbons (Fsp3) is 0.273. The van der Waals surface area contributed by atoms with Gasteiger partial charge in [0, 0.05) is 23.2 Å². The zero-order chi connectivity index (χ0) is 14.6. The molecule has 7 nitrogen and oxygen atoms in total. The summed E-state index contributed by atoms with van der Waals surface area (Å²) in [5.41, 5.74) is -0.157. The number of carbonyl (C=O) groups is 2. The van der Waals surface area contributed by atoms with Crippen molar-refractivity contribution in [3.05, 3.63) is 38.3 Å². The van der Waals surface area contributed by atoms with E-state index in [4.69, 9.17) is 5.11 Å². The first-order valence-corrected chi connectivity index (χ1v) is 6.11. The van der Waals surface area contributed by atoms with E-state index >= 15 is 0 Å². The molecule has 102 valence electrons. The first kappa shape index (κ1) is 15.1. The molecule has 0 radical (unpaired) electrons. The van der Waals surface area contributed by atoms with E-state index in [1.807, 2.05) is 0 Å². The van der Waals surface area contributed by atoms with Gasteiger partial charge in [-0.3, -0.25) is 19.7 Å². The number of likely N-dealkylation sites (N-methyl/N-ethyl adjacent to an activating group) is 1. The number of rotatable bonds is 5. The van der Waals surface area contributed by atoms with Crippen molar-refractivity contribution in [1.29, 1.82) is 0 Å². The van der Waals surface area contributed by atoms with Crippen LogP contribution in [0.4, 0.5) is 5.69 Å². The molecule has 19 heavy (non-hydrogen) atoms. The molecule has 0 saturated carbocycles. The number of benzene rings is 1. The SMILES string of the molecule is CCN(CC(=O)O)C(=O)c1cc([N+](=O)[O-])ccc1Br. The van der Waals surface area contributed by atoms with Crippen molar-refractivity contribution >= 4 is 33.5 Å². The standard InChI is InChI=1S/C11H11BrN2O5/c1-2-13(6-10(15)16)11(17)8-5-7(14(18)19)3-4-9(8)12/h3-5H,2,6H2,1H3,(H,15,16). The van der Waals surface area contributed by atoms with Gasteiger partial charge in [0.05, 0.1) is 10.5 Å². The van der Waals surface area contributed by atoms with Crippen LogP contribution in [-0.4, -0.2) is 39.9 Å². The third kappa shape index (κ3) is 3.75. The maximum absolute atomic E-state index is 12.1. The Labute approximate surface area is 117 Å². The third-order valence-electron chi connectivity index (χ3n) is 2.39. The summed E-state index contributed by atoms with van der Waals surface area (Å²) in [6.45, 7) is 1.37. The number of nitrogens with zero attached hydrogens (tertiary/aromatic N) is 2. The Bertz CT molecular complexity index is 532. The summed E-state index contributed by atoms with van der Waals surface area (Å²) < 4.78 is 0.381. The lowest BCUT2D eigenvalue weighted by molar-refractivity contribution is -0.384. The van der Waals surface area contributed by atoms with E-state index in [9.17, 15) is 19.7 Å². The van der Waals surface area contributed by atoms with Gasteiger partial charge in [-0.2, -0.15) is 0 Å². The predicted molar refractivity (Wildman–Crippen MR) is 70.0 cm³/mol. The largest absolute Gasteiger partial charge is 0.480 e. The monoisotopic (exact) mass is 330 g/mol. The van der Waals surface area contributed by atoms with Gasteiger partial charge in [-0.25, -0.2) is 0 Å². The molecule has 8 heteroatoms. The number of aliphatic carboxylic acids is 1. The van der Waals surface area contributed by atoms with Crippen molar-refractivity contribution in [2.75, 3.05) is 13.1 Å². The zero-order valence-corrected chi connectivity index (χ0v) is 11.6. The molecule has 0 saturated heterocycles. The topological polar surface area (TPSA) is 101 Å². The first-order valence-electron chi connectivity index (χ1n) is 5.31. The van der Waals surface area contributed by atoms with Crippen LogP contribution in [0.5, 0.6) is 0 Å². The van der Waals surface area contributed by atoms with E-state index in [0.29, 0.717) is 4.47 Å². The number of halogens is 1. The summed E-state index contributed by atoms with van der Waals surface area (Å²) in [7, 11) is 0. The van der Waals surface area contributed by atoms with Crippen LogP contribution in [0.1, 0.15) is 17.3 Å². The zero-order valence-electron chi connectivity index (χ0n) is 10.00. The lowest BCUT2D eigenvalue weighted by Crippen LogP contribution is -2.35. The van der Waals surface area contributed by atoms with E-state index in [0.717, 1.165) is 11.0 Å². The molecule has 1 N–H and O–H groups in total. The van der Waals surface area contributed by atoms with Crippen molar-refractivity contribution in [1.82, 2.24) is 4.90 Å². The number of nitro benzene ring substituents is 1. The highest BCUT2D eigenvalue weighted by Gasteiger charge is 2.21. The molecule has 1 aromatic rings. The molecule has 0 bridgehead atoms. The molecule has 1 amide bonds. The van der Waals surface area contributed by atoms with Crippen LogP contribution in [0, 0.1) is 10.1 Å². The average molecular weight is 331 g/mol. The Balaban J connectivity index is 3.13. The third-order valence-corrected chi connectivity index (χ3v) is 3.08. The molecule has 0 aliphatic carbocycles. The lowest BCUT2D eigenvalue weighted by atomic mass is 10.1. The highest BCUT2D eigenvalue weighted by atomic mass is 79.9. The highest BCUT2D eigenvalue weighted by Crippen LogP contribution is 2.23. The minimum absolute atomic E-state index is 0.0669. The van der Waals surface area contributed by atoms with E-state index in [2.05, 4.69) is 15.9 Å². The Hall–Kier alpha value is -1.96. The van der Waals surface area contributed by atoms with Gasteiger partial charge >= 0.3 is 5.97 Å². The lowest BCUT2D eigenvalue weighted by Gasteiger charge is -2.19. The number of amides is 1. The molecule has 1 rings (SSSR count). The number of carboxylic acid groups (broad SMARTS) is 1. The molecule has 0 heterocycles. The minimum Gasteiger partial charge on any atom is -0.480 e. The molecule has 0 fully saturated rings. The van der Waals surface area contributed by atoms with Crippen LogP contribution >= 0.6 is 15.9 Å². The van der Waals surface area contributed by atoms with Crippen LogP contribution in [0.25, 0.3) is 0 Å². The average Bonchev–Trinajstić information content (AvgIpc) is 2.35. The smallest absolute Gasteiger partial charge is 0.323 e. The normalized spacial score (nSPS) is 10.0. The van der Waals surface area contributed by atoms with Gasteiger partial charge in [0.25, 0.3) is 11.6 Å². The van der Waals surface area contributed by atoms with Gasteiger partial charge in [-0.15, -0.1) is 0 Å². The molecule has 1 aromatic carbocycles. The van der Waals surface area contributed by atoms with E-state index < -0.39 is 23.3 Å². The van der Waals surface area contributed by atoms with Crippen LogP contribution < -0.4 is 0 Å². The van der Waals surface area contributed by atoms with Gasteiger partial charge in [-0.05, 0) is 28.9 Å². The number of nitro groups is 1. The summed E-state index contributed by atoms with van der Waals surface area (Å²) in [6, 6.07) is 3.77. The maximum atomic E-state index is 12.1. The second-order valence-corrected chi connectivity index (χ2v) is 4.49. The summed E-state index contributed by atoms with van der Waals surface area (Å²) >= 11 is 3.13. The summed E-state index contributed by atoms with van der Waals surface area (Å²) in [5, 5.41) is 19.4. The summed E-state index contributed by atoms with van der Waals surface area (Å²) in [6.07, 6.45) is 0. The first-order chi connectivity index (χ1) is 8.86. The van der Waals surface area contributed by atoms with Crippen molar-refractivity contribution < 1.29 is 19.6 Å². The number of hydrogen-bond donors (Lipinski definition) is 1. The van der Waals surface area contributed by atoms with Crippen LogP contribution in [0.3, 0.4) is 0 Å². The Morgan fingerprint density at radius 3 is 2.58 bits per heavy atom. The quantitative estimate of drug-likeness (QED) is 0.656. The summed E-state index contributed by atoms with van der Waals surface area (Å²) in [5.74, 6) is -1.71. The molecule has 0 aliphatic rings. The number of non-ortho nitro benzene ring substituents is 1. The molecule has 0 atom stereocenters. The van der Waals surface area contributed by atoms with Crippen molar-refractivity contribution in [3.8, 4) is 0 Å². The molecule has 0 aliphatic heterocycles. The molecule has 0 spiro atoms. The van der Waals surface area contributed by atoms with Gasteiger partial charge in [0.1, 0.15) is 6.54 Å². The molecule has 0 aromatic heterocycles. The highest BCUT2D eigenvalue weighted by molar-refractivity contribution is 9.10. The van der Waals surface area contributed by atoms with E-state index in [-0.39, 0.29) is 17.8 Å². The summed E-state index contributed by atoms with van der Waals surface area (Å²) in [4.78, 5) is 33.9. The predicted octanol–water partition coefficient (Wildman–Crippen LogP) is 1.90. The maximum Gasteiger partial charge on any atom is 0.323 e. The molecular weight excluding hydrogens is 320 g/mol. The minimum atomic E-state index is -1.14.